The number of hydrogen-bond donors (Lipinski definition) is 1. The third-order valence-corrected chi connectivity index (χ3v) is 2.93. The molecule has 1 N–H and O–H groups in total. The first kappa shape index (κ1) is 17.0. The van der Waals surface area contributed by atoms with Crippen LogP contribution < -0.4 is 5.32 Å². The van der Waals surface area contributed by atoms with Crippen molar-refractivity contribution in [3.05, 3.63) is 69.3 Å². The number of carbonyl (C=O) groups excluding carboxylic acids is 2. The Bertz CT molecular complexity index is 818. The number of nitro groups is 1. The van der Waals surface area contributed by atoms with E-state index in [1.54, 1.807) is 0 Å². The van der Waals surface area contributed by atoms with Crippen molar-refractivity contribution in [2.75, 3.05) is 12.4 Å². The molecule has 0 aliphatic rings. The molecule has 0 saturated carbocycles. The van der Waals surface area contributed by atoms with Crippen LogP contribution >= 0.6 is 0 Å². The van der Waals surface area contributed by atoms with Crippen LogP contribution in [0.15, 0.2) is 36.4 Å². The number of hydrogen-bond acceptors (Lipinski definition) is 5. The van der Waals surface area contributed by atoms with Crippen molar-refractivity contribution in [3.8, 4) is 0 Å². The summed E-state index contributed by atoms with van der Waals surface area (Å²) in [6.07, 6.45) is 0. The van der Waals surface area contributed by atoms with E-state index in [1.807, 2.05) is 0 Å². The van der Waals surface area contributed by atoms with E-state index in [1.165, 1.54) is 0 Å². The molecule has 0 spiro atoms. The van der Waals surface area contributed by atoms with Gasteiger partial charge in [-0.2, -0.15) is 0 Å². The molecule has 7 nitrogen and oxygen atoms in total. The lowest BCUT2D eigenvalue weighted by Crippen LogP contribution is -2.14. The fourth-order valence-corrected chi connectivity index (χ4v) is 1.91. The third kappa shape index (κ3) is 3.88. The largest absolute Gasteiger partial charge is 0.465 e. The lowest BCUT2D eigenvalue weighted by Gasteiger charge is -2.07. The maximum atomic E-state index is 13.1. The Hall–Kier alpha value is -3.36. The molecule has 2 aromatic carbocycles. The van der Waals surface area contributed by atoms with Gasteiger partial charge in [-0.25, -0.2) is 13.6 Å². The molecule has 0 radical (unpaired) electrons. The second-order valence-corrected chi connectivity index (χ2v) is 4.63. The molecule has 0 fully saturated rings. The van der Waals surface area contributed by atoms with E-state index in [4.69, 9.17) is 0 Å². The highest BCUT2D eigenvalue weighted by molar-refractivity contribution is 6.06. The Balaban J connectivity index is 2.39. The molecule has 0 aromatic heterocycles. The van der Waals surface area contributed by atoms with Crippen LogP contribution in [0.1, 0.15) is 20.7 Å². The van der Waals surface area contributed by atoms with Gasteiger partial charge < -0.3 is 10.1 Å². The Morgan fingerprint density at radius 3 is 2.17 bits per heavy atom. The van der Waals surface area contributed by atoms with Crippen LogP contribution in [0.2, 0.25) is 0 Å². The van der Waals surface area contributed by atoms with Crippen LogP contribution in [-0.2, 0) is 4.74 Å². The number of nitro benzene ring substituents is 1. The fraction of sp³-hybridized carbons (Fsp3) is 0.0667. The monoisotopic (exact) mass is 336 g/mol. The Morgan fingerprint density at radius 2 is 1.62 bits per heavy atom. The number of benzene rings is 2. The second kappa shape index (κ2) is 6.82. The zero-order valence-corrected chi connectivity index (χ0v) is 12.2. The minimum Gasteiger partial charge on any atom is -0.465 e. The van der Waals surface area contributed by atoms with Gasteiger partial charge in [-0.1, -0.05) is 0 Å². The topological polar surface area (TPSA) is 98.5 Å². The van der Waals surface area contributed by atoms with E-state index in [0.717, 1.165) is 37.4 Å². The van der Waals surface area contributed by atoms with Crippen LogP contribution in [0.4, 0.5) is 20.2 Å². The lowest BCUT2D eigenvalue weighted by molar-refractivity contribution is -0.384. The van der Waals surface area contributed by atoms with Gasteiger partial charge in [0.25, 0.3) is 11.6 Å². The number of non-ortho nitro benzene ring substituents is 1. The van der Waals surface area contributed by atoms with Crippen molar-refractivity contribution < 1.29 is 28.0 Å². The van der Waals surface area contributed by atoms with Gasteiger partial charge in [-0.15, -0.1) is 0 Å². The maximum absolute atomic E-state index is 13.1. The number of ether oxygens (including phenoxy) is 1. The van der Waals surface area contributed by atoms with Crippen LogP contribution in [0.5, 0.6) is 0 Å². The summed E-state index contributed by atoms with van der Waals surface area (Å²) >= 11 is 0. The first-order valence-electron chi connectivity index (χ1n) is 6.45. The summed E-state index contributed by atoms with van der Waals surface area (Å²) in [6, 6.07) is 5.32. The van der Waals surface area contributed by atoms with E-state index in [0.29, 0.717) is 6.07 Å². The molecular formula is C15H10F2N2O5. The molecule has 0 heterocycles. The average molecular weight is 336 g/mol. The molecule has 0 aliphatic carbocycles. The van der Waals surface area contributed by atoms with E-state index >= 15 is 0 Å². The molecule has 9 heteroatoms. The molecule has 0 unspecified atom stereocenters. The van der Waals surface area contributed by atoms with Crippen molar-refractivity contribution >= 4 is 23.3 Å². The molecule has 124 valence electrons. The van der Waals surface area contributed by atoms with Crippen LogP contribution in [0.3, 0.4) is 0 Å². The molecule has 2 aromatic rings. The van der Waals surface area contributed by atoms with Gasteiger partial charge >= 0.3 is 5.97 Å². The second-order valence-electron chi connectivity index (χ2n) is 4.63. The smallest absolute Gasteiger partial charge is 0.338 e. The maximum Gasteiger partial charge on any atom is 0.338 e. The van der Waals surface area contributed by atoms with Gasteiger partial charge in [0.1, 0.15) is 11.6 Å². The summed E-state index contributed by atoms with van der Waals surface area (Å²) in [7, 11) is 1.08. The Kier molecular flexibility index (Phi) is 4.83. The van der Waals surface area contributed by atoms with Gasteiger partial charge in [0.05, 0.1) is 17.6 Å². The van der Waals surface area contributed by atoms with Gasteiger partial charge in [-0.3, -0.25) is 14.9 Å². The van der Waals surface area contributed by atoms with Crippen LogP contribution in [0, 0.1) is 21.7 Å². The first-order chi connectivity index (χ1) is 11.3. The van der Waals surface area contributed by atoms with Crippen LogP contribution in [-0.4, -0.2) is 23.9 Å². The molecule has 0 aliphatic heterocycles. The molecule has 0 saturated heterocycles. The predicted octanol–water partition coefficient (Wildman–Crippen LogP) is 2.91. The van der Waals surface area contributed by atoms with Gasteiger partial charge in [-0.05, 0) is 18.2 Å². The standard InChI is InChI=1S/C15H10F2N2O5/c1-24-15(21)9-2-8(3-13(4-9)19(22)23)14(20)18-12-6-10(16)5-11(17)7-12/h2-7H,1H3,(H,18,20). The minimum absolute atomic E-state index is 0.177. The molecule has 0 atom stereocenters. The van der Waals surface area contributed by atoms with E-state index < -0.39 is 34.1 Å². The minimum atomic E-state index is -0.903. The molecule has 1 amide bonds. The highest BCUT2D eigenvalue weighted by Crippen LogP contribution is 2.20. The summed E-state index contributed by atoms with van der Waals surface area (Å²) < 4.78 is 30.7. The third-order valence-electron chi connectivity index (χ3n) is 2.93. The zero-order valence-electron chi connectivity index (χ0n) is 12.2. The average Bonchev–Trinajstić information content (AvgIpc) is 2.52. The summed E-state index contributed by atoms with van der Waals surface area (Å²) in [5.41, 5.74) is -1.13. The van der Waals surface area contributed by atoms with Crippen LogP contribution in [0.25, 0.3) is 0 Å². The SMILES string of the molecule is COC(=O)c1cc(C(=O)Nc2cc(F)cc(F)c2)cc([N+](=O)[O-])c1. The zero-order chi connectivity index (χ0) is 17.9. The fourth-order valence-electron chi connectivity index (χ4n) is 1.91. The summed E-state index contributed by atoms with van der Waals surface area (Å²) in [5, 5.41) is 13.1. The van der Waals surface area contributed by atoms with Gasteiger partial charge in [0.15, 0.2) is 0 Å². The van der Waals surface area contributed by atoms with Crippen molar-refractivity contribution in [1.82, 2.24) is 0 Å². The molecule has 24 heavy (non-hydrogen) atoms. The molecular weight excluding hydrogens is 326 g/mol. The number of anilines is 1. The van der Waals surface area contributed by atoms with E-state index in [-0.39, 0.29) is 16.8 Å². The summed E-state index contributed by atoms with van der Waals surface area (Å²) in [5.74, 6) is -3.56. The van der Waals surface area contributed by atoms with Crippen molar-refractivity contribution in [3.63, 3.8) is 0 Å². The number of carbonyl (C=O) groups is 2. The number of halogens is 2. The molecule has 2 rings (SSSR count). The quantitative estimate of drug-likeness (QED) is 0.526. The van der Waals surface area contributed by atoms with Gasteiger partial charge in [0.2, 0.25) is 0 Å². The number of esters is 1. The lowest BCUT2D eigenvalue weighted by atomic mass is 10.1. The van der Waals surface area contributed by atoms with Crippen molar-refractivity contribution in [2.45, 2.75) is 0 Å². The van der Waals surface area contributed by atoms with Gasteiger partial charge in [0, 0.05) is 29.4 Å². The van der Waals surface area contributed by atoms with E-state index in [2.05, 4.69) is 10.1 Å². The number of nitrogens with zero attached hydrogens (tertiary/aromatic N) is 1. The Morgan fingerprint density at radius 1 is 1.04 bits per heavy atom. The molecule has 0 bridgehead atoms. The highest BCUT2D eigenvalue weighted by Gasteiger charge is 2.18. The summed E-state index contributed by atoms with van der Waals surface area (Å²) in [6.45, 7) is 0. The number of amides is 1. The first-order valence-corrected chi connectivity index (χ1v) is 6.45. The summed E-state index contributed by atoms with van der Waals surface area (Å²) in [4.78, 5) is 33.8. The number of methoxy groups -OCH3 is 1. The normalized spacial score (nSPS) is 10.1. The van der Waals surface area contributed by atoms with Crippen molar-refractivity contribution in [1.29, 1.82) is 0 Å². The van der Waals surface area contributed by atoms with Crippen molar-refractivity contribution in [2.24, 2.45) is 0 Å². The Labute approximate surface area is 134 Å². The highest BCUT2D eigenvalue weighted by atomic mass is 19.1. The number of rotatable bonds is 4. The van der Waals surface area contributed by atoms with E-state index in [9.17, 15) is 28.5 Å². The predicted molar refractivity (Wildman–Crippen MR) is 78.7 cm³/mol. The number of nitrogens with one attached hydrogen (secondary N) is 1.